The number of aliphatic carboxylic acids is 1. The maximum Gasteiger partial charge on any atom is 0.317 e. The van der Waals surface area contributed by atoms with Crippen molar-refractivity contribution in [1.82, 2.24) is 4.90 Å². The number of aryl methyl sites for hydroxylation is 1. The second-order valence-corrected chi connectivity index (χ2v) is 4.67. The molecule has 0 saturated carbocycles. The number of benzene rings is 1. The van der Waals surface area contributed by atoms with E-state index in [1.165, 1.54) is 11.1 Å². The van der Waals surface area contributed by atoms with E-state index < -0.39 is 5.97 Å². The molecule has 0 bridgehead atoms. The lowest BCUT2D eigenvalue weighted by atomic mass is 9.87. The topological polar surface area (TPSA) is 40.5 Å². The number of hydrogen-bond donors (Lipinski definition) is 1. The average Bonchev–Trinajstić information content (AvgIpc) is 2.37. The summed E-state index contributed by atoms with van der Waals surface area (Å²) >= 11 is 0. The molecule has 1 aliphatic rings. The maximum atomic E-state index is 10.9. The van der Waals surface area contributed by atoms with Gasteiger partial charge in [0.25, 0.3) is 0 Å². The van der Waals surface area contributed by atoms with Crippen LogP contribution in [0.1, 0.15) is 17.5 Å². The molecule has 0 aliphatic heterocycles. The highest BCUT2D eigenvalue weighted by atomic mass is 16.4. The zero-order chi connectivity index (χ0) is 13.0. The van der Waals surface area contributed by atoms with Crippen molar-refractivity contribution in [2.24, 2.45) is 0 Å². The van der Waals surface area contributed by atoms with Crippen LogP contribution in [0.4, 0.5) is 0 Å². The molecule has 1 atom stereocenters. The molecule has 1 aromatic rings. The van der Waals surface area contributed by atoms with Crippen molar-refractivity contribution in [3.63, 3.8) is 0 Å². The molecule has 1 unspecified atom stereocenters. The van der Waals surface area contributed by atoms with Gasteiger partial charge in [-0.15, -0.1) is 6.42 Å². The molecule has 1 aliphatic carbocycles. The quantitative estimate of drug-likeness (QED) is 0.816. The molecule has 0 spiro atoms. The molecule has 1 N–H and O–H groups in total. The first-order chi connectivity index (χ1) is 8.70. The molecule has 0 fully saturated rings. The van der Waals surface area contributed by atoms with E-state index in [9.17, 15) is 4.79 Å². The maximum absolute atomic E-state index is 10.9. The van der Waals surface area contributed by atoms with Crippen LogP contribution in [0.25, 0.3) is 0 Å². The van der Waals surface area contributed by atoms with Crippen LogP contribution < -0.4 is 0 Å². The van der Waals surface area contributed by atoms with Gasteiger partial charge in [0.05, 0.1) is 13.1 Å². The minimum absolute atomic E-state index is 0.0248. The van der Waals surface area contributed by atoms with Gasteiger partial charge in [-0.2, -0.15) is 0 Å². The smallest absolute Gasteiger partial charge is 0.317 e. The average molecular weight is 243 g/mol. The molecular weight excluding hydrogens is 226 g/mol. The zero-order valence-corrected chi connectivity index (χ0v) is 10.3. The fourth-order valence-corrected chi connectivity index (χ4v) is 2.60. The Bertz CT molecular complexity index is 476. The Hall–Kier alpha value is -1.79. The van der Waals surface area contributed by atoms with E-state index in [0.717, 1.165) is 19.3 Å². The van der Waals surface area contributed by atoms with Crippen LogP contribution in [-0.4, -0.2) is 35.1 Å². The highest BCUT2D eigenvalue weighted by Crippen LogP contribution is 2.24. The highest BCUT2D eigenvalue weighted by Gasteiger charge is 2.24. The summed E-state index contributed by atoms with van der Waals surface area (Å²) in [5, 5.41) is 8.93. The predicted molar refractivity (Wildman–Crippen MR) is 70.3 cm³/mol. The number of nitrogens with zero attached hydrogens (tertiary/aromatic N) is 1. The van der Waals surface area contributed by atoms with Crippen LogP contribution in [0.2, 0.25) is 0 Å². The van der Waals surface area contributed by atoms with Crippen molar-refractivity contribution in [2.45, 2.75) is 25.3 Å². The number of carboxylic acid groups (broad SMARTS) is 1. The molecule has 2 rings (SSSR count). The third-order valence-electron chi connectivity index (χ3n) is 3.47. The molecule has 3 nitrogen and oxygen atoms in total. The van der Waals surface area contributed by atoms with Crippen molar-refractivity contribution in [3.05, 3.63) is 35.4 Å². The van der Waals surface area contributed by atoms with Gasteiger partial charge in [-0.1, -0.05) is 30.2 Å². The normalized spacial score (nSPS) is 18.1. The monoisotopic (exact) mass is 243 g/mol. The summed E-state index contributed by atoms with van der Waals surface area (Å²) in [7, 11) is 0. The lowest BCUT2D eigenvalue weighted by Crippen LogP contribution is -2.42. The van der Waals surface area contributed by atoms with E-state index in [2.05, 4.69) is 24.1 Å². The first-order valence-corrected chi connectivity index (χ1v) is 6.17. The first kappa shape index (κ1) is 12.7. The zero-order valence-electron chi connectivity index (χ0n) is 10.3. The van der Waals surface area contributed by atoms with Crippen LogP contribution in [0.15, 0.2) is 24.3 Å². The Morgan fingerprint density at radius 1 is 1.44 bits per heavy atom. The van der Waals surface area contributed by atoms with E-state index in [1.54, 1.807) is 0 Å². The summed E-state index contributed by atoms with van der Waals surface area (Å²) < 4.78 is 0. The van der Waals surface area contributed by atoms with Crippen molar-refractivity contribution < 1.29 is 9.90 Å². The van der Waals surface area contributed by atoms with Crippen molar-refractivity contribution in [2.75, 3.05) is 13.1 Å². The van der Waals surface area contributed by atoms with Crippen LogP contribution >= 0.6 is 0 Å². The molecule has 0 heterocycles. The molecule has 94 valence electrons. The Morgan fingerprint density at radius 2 is 2.17 bits per heavy atom. The predicted octanol–water partition coefficient (Wildman–Crippen LogP) is 1.56. The van der Waals surface area contributed by atoms with Gasteiger partial charge in [0, 0.05) is 6.04 Å². The number of carboxylic acids is 1. The Balaban J connectivity index is 2.10. The molecule has 1 aromatic carbocycles. The van der Waals surface area contributed by atoms with Gasteiger partial charge in [-0.05, 0) is 30.4 Å². The third kappa shape index (κ3) is 2.91. The van der Waals surface area contributed by atoms with E-state index in [-0.39, 0.29) is 12.6 Å². The molecule has 0 aromatic heterocycles. The summed E-state index contributed by atoms with van der Waals surface area (Å²) in [6.07, 6.45) is 8.20. The van der Waals surface area contributed by atoms with E-state index >= 15 is 0 Å². The lowest BCUT2D eigenvalue weighted by molar-refractivity contribution is -0.138. The summed E-state index contributed by atoms with van der Waals surface area (Å²) in [5.41, 5.74) is 2.70. The fraction of sp³-hybridized carbons (Fsp3) is 0.400. The second-order valence-electron chi connectivity index (χ2n) is 4.67. The number of rotatable bonds is 4. The molecule has 3 heteroatoms. The van der Waals surface area contributed by atoms with Crippen molar-refractivity contribution >= 4 is 5.97 Å². The third-order valence-corrected chi connectivity index (χ3v) is 3.47. The first-order valence-electron chi connectivity index (χ1n) is 6.17. The van der Waals surface area contributed by atoms with Gasteiger partial charge in [0.1, 0.15) is 0 Å². The fourth-order valence-electron chi connectivity index (χ4n) is 2.60. The van der Waals surface area contributed by atoms with E-state index in [0.29, 0.717) is 6.54 Å². The summed E-state index contributed by atoms with van der Waals surface area (Å²) in [6, 6.07) is 8.59. The van der Waals surface area contributed by atoms with Gasteiger partial charge >= 0.3 is 5.97 Å². The summed E-state index contributed by atoms with van der Waals surface area (Å²) in [4.78, 5) is 12.7. The van der Waals surface area contributed by atoms with E-state index in [4.69, 9.17) is 11.5 Å². The van der Waals surface area contributed by atoms with Gasteiger partial charge in [-0.3, -0.25) is 9.69 Å². The lowest BCUT2D eigenvalue weighted by Gasteiger charge is -2.33. The second kappa shape index (κ2) is 5.70. The van der Waals surface area contributed by atoms with Crippen LogP contribution in [0.5, 0.6) is 0 Å². The number of carbonyl (C=O) groups is 1. The Morgan fingerprint density at radius 3 is 2.83 bits per heavy atom. The Labute approximate surface area is 107 Å². The van der Waals surface area contributed by atoms with Crippen LogP contribution in [0, 0.1) is 12.3 Å². The summed E-state index contributed by atoms with van der Waals surface area (Å²) in [6.45, 7) is 0.427. The largest absolute Gasteiger partial charge is 0.480 e. The van der Waals surface area contributed by atoms with Crippen molar-refractivity contribution in [1.29, 1.82) is 0 Å². The van der Waals surface area contributed by atoms with E-state index in [1.807, 2.05) is 11.0 Å². The Kier molecular flexibility index (Phi) is 4.01. The molecular formula is C15H17NO2. The highest BCUT2D eigenvalue weighted by molar-refractivity contribution is 5.69. The van der Waals surface area contributed by atoms with Gasteiger partial charge in [-0.25, -0.2) is 0 Å². The van der Waals surface area contributed by atoms with Gasteiger partial charge < -0.3 is 5.11 Å². The standard InChI is InChI=1S/C15H17NO2/c1-2-9-16(11-15(17)18)14-8-7-12-5-3-4-6-13(12)10-14/h1,3-6,14H,7-11H2,(H,17,18). The number of fused-ring (bicyclic) bond motifs is 1. The van der Waals surface area contributed by atoms with Crippen molar-refractivity contribution in [3.8, 4) is 12.3 Å². The van der Waals surface area contributed by atoms with Gasteiger partial charge in [0.2, 0.25) is 0 Å². The molecule has 0 radical (unpaired) electrons. The minimum atomic E-state index is -0.816. The summed E-state index contributed by atoms with van der Waals surface area (Å²) in [5.74, 6) is 1.74. The van der Waals surface area contributed by atoms with Gasteiger partial charge in [0.15, 0.2) is 0 Å². The number of hydrogen-bond acceptors (Lipinski definition) is 2. The van der Waals surface area contributed by atoms with Crippen LogP contribution in [-0.2, 0) is 17.6 Å². The molecule has 0 amide bonds. The molecule has 18 heavy (non-hydrogen) atoms. The number of terminal acetylenes is 1. The molecule has 0 saturated heterocycles. The SMILES string of the molecule is C#CCN(CC(=O)O)C1CCc2ccccc2C1. The minimum Gasteiger partial charge on any atom is -0.480 e. The van der Waals surface area contributed by atoms with Crippen LogP contribution in [0.3, 0.4) is 0 Å².